The Hall–Kier alpha value is -2.74. The van der Waals surface area contributed by atoms with E-state index in [0.29, 0.717) is 11.3 Å². The lowest BCUT2D eigenvalue weighted by atomic mass is 10.1. The van der Waals surface area contributed by atoms with E-state index in [1.165, 1.54) is 0 Å². The number of amides is 1. The number of alkyl carbamates (subject to hydrolysis) is 1. The van der Waals surface area contributed by atoms with E-state index in [0.717, 1.165) is 10.8 Å². The summed E-state index contributed by atoms with van der Waals surface area (Å²) in [4.78, 5) is 11.7. The van der Waals surface area contributed by atoms with Gasteiger partial charge in [-0.15, -0.1) is 0 Å². The largest absolute Gasteiger partial charge is 0.491 e. The maximum absolute atomic E-state index is 11.7. The third-order valence-corrected chi connectivity index (χ3v) is 3.22. The predicted octanol–water partition coefficient (Wildman–Crippen LogP) is 4.00. The average Bonchev–Trinajstić information content (AvgIpc) is 2.50. The summed E-state index contributed by atoms with van der Waals surface area (Å²) in [5.74, 6) is 0.600. The molecule has 0 aliphatic rings. The van der Waals surface area contributed by atoms with Crippen LogP contribution in [0.3, 0.4) is 0 Å². The van der Waals surface area contributed by atoms with E-state index >= 15 is 0 Å². The fraction of sp³-hybridized carbons (Fsp3) is 0.368. The molecule has 0 saturated heterocycles. The topological polar surface area (TPSA) is 71.3 Å². The van der Waals surface area contributed by atoms with Crippen molar-refractivity contribution < 1.29 is 14.3 Å². The summed E-state index contributed by atoms with van der Waals surface area (Å²) in [7, 11) is 0. The van der Waals surface area contributed by atoms with Gasteiger partial charge in [0.1, 0.15) is 18.0 Å². The van der Waals surface area contributed by atoms with Crippen LogP contribution in [-0.2, 0) is 4.74 Å². The molecule has 0 heterocycles. The Labute approximate surface area is 142 Å². The molecule has 1 amide bonds. The van der Waals surface area contributed by atoms with Gasteiger partial charge >= 0.3 is 6.09 Å². The van der Waals surface area contributed by atoms with Crippen molar-refractivity contribution in [1.29, 1.82) is 5.26 Å². The predicted molar refractivity (Wildman–Crippen MR) is 93.0 cm³/mol. The number of rotatable bonds is 4. The number of carbonyl (C=O) groups excluding carboxylic acids is 1. The molecule has 0 aliphatic carbocycles. The smallest absolute Gasteiger partial charge is 0.407 e. The summed E-state index contributed by atoms with van der Waals surface area (Å²) in [6, 6.07) is 13.2. The zero-order valence-electron chi connectivity index (χ0n) is 14.4. The number of hydrogen-bond acceptors (Lipinski definition) is 4. The number of nitrogens with zero attached hydrogens (tertiary/aromatic N) is 1. The van der Waals surface area contributed by atoms with Crippen molar-refractivity contribution in [2.45, 2.75) is 39.3 Å². The van der Waals surface area contributed by atoms with Crippen LogP contribution >= 0.6 is 0 Å². The van der Waals surface area contributed by atoms with Crippen molar-refractivity contribution in [3.8, 4) is 11.8 Å². The highest BCUT2D eigenvalue weighted by atomic mass is 16.6. The Balaban J connectivity index is 2.00. The minimum absolute atomic E-state index is 0.225. The van der Waals surface area contributed by atoms with Crippen LogP contribution in [0.5, 0.6) is 5.75 Å². The zero-order valence-corrected chi connectivity index (χ0v) is 14.4. The molecule has 2 rings (SSSR count). The molecule has 0 fully saturated rings. The lowest BCUT2D eigenvalue weighted by molar-refractivity contribution is 0.0494. The van der Waals surface area contributed by atoms with E-state index in [4.69, 9.17) is 9.47 Å². The van der Waals surface area contributed by atoms with Gasteiger partial charge in [0, 0.05) is 0 Å². The molecule has 0 spiro atoms. The summed E-state index contributed by atoms with van der Waals surface area (Å²) in [5, 5.41) is 13.8. The second kappa shape index (κ2) is 7.22. The number of nitriles is 1. The van der Waals surface area contributed by atoms with Crippen molar-refractivity contribution in [2.24, 2.45) is 0 Å². The molecule has 24 heavy (non-hydrogen) atoms. The molecule has 0 saturated carbocycles. The number of benzene rings is 2. The Morgan fingerprint density at radius 2 is 2.00 bits per heavy atom. The third kappa shape index (κ3) is 4.88. The molecular weight excluding hydrogens is 304 g/mol. The van der Waals surface area contributed by atoms with Gasteiger partial charge < -0.3 is 14.8 Å². The summed E-state index contributed by atoms with van der Waals surface area (Å²) < 4.78 is 10.9. The Morgan fingerprint density at radius 1 is 1.29 bits per heavy atom. The second-order valence-electron chi connectivity index (χ2n) is 6.66. The Morgan fingerprint density at radius 3 is 2.67 bits per heavy atom. The number of hydrogen-bond donors (Lipinski definition) is 1. The average molecular weight is 326 g/mol. The monoisotopic (exact) mass is 326 g/mol. The Kier molecular flexibility index (Phi) is 5.30. The van der Waals surface area contributed by atoms with Crippen LogP contribution in [0.4, 0.5) is 4.79 Å². The minimum Gasteiger partial charge on any atom is -0.491 e. The molecule has 5 nitrogen and oxygen atoms in total. The van der Waals surface area contributed by atoms with E-state index in [1.54, 1.807) is 6.07 Å². The normalized spacial score (nSPS) is 12.3. The highest BCUT2D eigenvalue weighted by Gasteiger charge is 2.18. The van der Waals surface area contributed by atoms with Gasteiger partial charge in [-0.25, -0.2) is 4.79 Å². The van der Waals surface area contributed by atoms with Crippen LogP contribution in [0.2, 0.25) is 0 Å². The number of carbonyl (C=O) groups is 1. The van der Waals surface area contributed by atoms with Gasteiger partial charge in [-0.2, -0.15) is 5.26 Å². The highest BCUT2D eigenvalue weighted by Crippen LogP contribution is 2.25. The van der Waals surface area contributed by atoms with E-state index in [2.05, 4.69) is 11.4 Å². The van der Waals surface area contributed by atoms with E-state index in [9.17, 15) is 10.1 Å². The fourth-order valence-corrected chi connectivity index (χ4v) is 2.23. The third-order valence-electron chi connectivity index (χ3n) is 3.22. The van der Waals surface area contributed by atoms with Gasteiger partial charge in [0.05, 0.1) is 17.7 Å². The second-order valence-corrected chi connectivity index (χ2v) is 6.66. The van der Waals surface area contributed by atoms with Crippen molar-refractivity contribution in [3.05, 3.63) is 42.0 Å². The van der Waals surface area contributed by atoms with Crippen LogP contribution in [0, 0.1) is 11.3 Å². The SMILES string of the molecule is C[C@@H](COc1cc(C#N)c2ccccc2c1)NC(=O)OC(C)(C)C. The van der Waals surface area contributed by atoms with Crippen molar-refractivity contribution in [2.75, 3.05) is 6.61 Å². The molecule has 1 atom stereocenters. The van der Waals surface area contributed by atoms with E-state index in [-0.39, 0.29) is 12.6 Å². The molecule has 5 heteroatoms. The summed E-state index contributed by atoms with van der Waals surface area (Å²) >= 11 is 0. The quantitative estimate of drug-likeness (QED) is 0.921. The maximum Gasteiger partial charge on any atom is 0.407 e. The lowest BCUT2D eigenvalue weighted by Gasteiger charge is -2.22. The van der Waals surface area contributed by atoms with Crippen molar-refractivity contribution >= 4 is 16.9 Å². The first-order valence-electron chi connectivity index (χ1n) is 7.84. The number of nitrogens with one attached hydrogen (secondary N) is 1. The molecule has 1 N–H and O–H groups in total. The van der Waals surface area contributed by atoms with Crippen LogP contribution in [0.25, 0.3) is 10.8 Å². The van der Waals surface area contributed by atoms with Gasteiger partial charge in [-0.3, -0.25) is 0 Å². The fourth-order valence-electron chi connectivity index (χ4n) is 2.23. The summed E-state index contributed by atoms with van der Waals surface area (Å²) in [5.41, 5.74) is 0.0286. The minimum atomic E-state index is -0.537. The molecule has 0 unspecified atom stereocenters. The Bertz CT molecular complexity index is 772. The van der Waals surface area contributed by atoms with Gasteiger partial charge in [-0.05, 0) is 50.6 Å². The molecule has 126 valence electrons. The van der Waals surface area contributed by atoms with Crippen molar-refractivity contribution in [3.63, 3.8) is 0 Å². The van der Waals surface area contributed by atoms with E-state index < -0.39 is 11.7 Å². The lowest BCUT2D eigenvalue weighted by Crippen LogP contribution is -2.40. The first kappa shape index (κ1) is 17.6. The van der Waals surface area contributed by atoms with Crippen LogP contribution in [-0.4, -0.2) is 24.3 Å². The number of fused-ring (bicyclic) bond motifs is 1. The molecule has 0 bridgehead atoms. The molecule has 2 aromatic rings. The first-order valence-corrected chi connectivity index (χ1v) is 7.84. The van der Waals surface area contributed by atoms with E-state index in [1.807, 2.05) is 58.0 Å². The number of ether oxygens (including phenoxy) is 2. The molecule has 2 aromatic carbocycles. The van der Waals surface area contributed by atoms with Crippen LogP contribution < -0.4 is 10.1 Å². The highest BCUT2D eigenvalue weighted by molar-refractivity contribution is 5.89. The van der Waals surface area contributed by atoms with Crippen molar-refractivity contribution in [1.82, 2.24) is 5.32 Å². The van der Waals surface area contributed by atoms with Gasteiger partial charge in [0.25, 0.3) is 0 Å². The molecule has 0 aliphatic heterocycles. The van der Waals surface area contributed by atoms with Gasteiger partial charge in [0.2, 0.25) is 0 Å². The molecule has 0 aromatic heterocycles. The van der Waals surface area contributed by atoms with Crippen LogP contribution in [0.1, 0.15) is 33.3 Å². The first-order chi connectivity index (χ1) is 11.3. The van der Waals surface area contributed by atoms with Gasteiger partial charge in [-0.1, -0.05) is 24.3 Å². The van der Waals surface area contributed by atoms with Gasteiger partial charge in [0.15, 0.2) is 0 Å². The molecular formula is C19H22N2O3. The zero-order chi connectivity index (χ0) is 17.7. The van der Waals surface area contributed by atoms with Crippen LogP contribution in [0.15, 0.2) is 36.4 Å². The summed E-state index contributed by atoms with van der Waals surface area (Å²) in [6.07, 6.45) is -0.477. The summed E-state index contributed by atoms with van der Waals surface area (Å²) in [6.45, 7) is 7.54. The standard InChI is InChI=1S/C19H22N2O3/c1-13(21-18(22)24-19(2,3)4)12-23-16-9-14-7-5-6-8-17(14)15(10-16)11-20/h5-10,13H,12H2,1-4H3,(H,21,22)/t13-/m0/s1. The molecule has 0 radical (unpaired) electrons. The maximum atomic E-state index is 11.7.